The number of carbonyl (C=O) groups excluding carboxylic acids is 2. The van der Waals surface area contributed by atoms with Crippen molar-refractivity contribution in [3.8, 4) is 0 Å². The summed E-state index contributed by atoms with van der Waals surface area (Å²) < 4.78 is 0. The molecule has 1 atom stereocenters. The third-order valence-electron chi connectivity index (χ3n) is 4.41. The largest absolute Gasteiger partial charge is 0.339 e. The summed E-state index contributed by atoms with van der Waals surface area (Å²) in [5.74, 6) is -0.162. The molecule has 5 nitrogen and oxygen atoms in total. The Kier molecular flexibility index (Phi) is 7.82. The highest BCUT2D eigenvalue weighted by Crippen LogP contribution is 2.21. The quantitative estimate of drug-likeness (QED) is 0.716. The van der Waals surface area contributed by atoms with Gasteiger partial charge in [0.15, 0.2) is 0 Å². The minimum Gasteiger partial charge on any atom is -0.339 e. The van der Waals surface area contributed by atoms with Crippen LogP contribution in [0.4, 0.5) is 5.69 Å². The van der Waals surface area contributed by atoms with Crippen LogP contribution in [-0.2, 0) is 4.79 Å². The Hall–Kier alpha value is -2.37. The first-order chi connectivity index (χ1) is 13.0. The molecule has 0 fully saturated rings. The van der Waals surface area contributed by atoms with Crippen LogP contribution in [0.1, 0.15) is 42.7 Å². The number of anilines is 1. The topological polar surface area (TPSA) is 61.4 Å². The van der Waals surface area contributed by atoms with Gasteiger partial charge in [0.2, 0.25) is 5.91 Å². The molecule has 0 unspecified atom stereocenters. The second-order valence-electron chi connectivity index (χ2n) is 6.23. The van der Waals surface area contributed by atoms with Gasteiger partial charge in [-0.2, -0.15) is 0 Å². The Labute approximate surface area is 165 Å². The second kappa shape index (κ2) is 10.1. The van der Waals surface area contributed by atoms with Crippen LogP contribution in [0.2, 0.25) is 5.02 Å². The smallest absolute Gasteiger partial charge is 0.253 e. The third-order valence-corrected chi connectivity index (χ3v) is 4.75. The fraction of sp³-hybridized carbons (Fsp3) is 0.333. The lowest BCUT2D eigenvalue weighted by Gasteiger charge is -2.18. The molecule has 0 saturated heterocycles. The summed E-state index contributed by atoms with van der Waals surface area (Å²) in [5, 5.41) is 6.66. The van der Waals surface area contributed by atoms with Crippen molar-refractivity contribution in [1.82, 2.24) is 10.2 Å². The molecule has 0 aliphatic rings. The zero-order valence-electron chi connectivity index (χ0n) is 16.0. The molecule has 0 bridgehead atoms. The molecule has 6 heteroatoms. The maximum atomic E-state index is 12.3. The van der Waals surface area contributed by atoms with Crippen LogP contribution in [0.3, 0.4) is 0 Å². The minimum absolute atomic E-state index is 0.00638. The highest BCUT2D eigenvalue weighted by Gasteiger charge is 2.13. The summed E-state index contributed by atoms with van der Waals surface area (Å²) in [6.07, 6.45) is 0. The van der Waals surface area contributed by atoms with Gasteiger partial charge in [-0.05, 0) is 56.7 Å². The Morgan fingerprint density at radius 2 is 1.67 bits per heavy atom. The van der Waals surface area contributed by atoms with Crippen molar-refractivity contribution in [2.45, 2.75) is 26.8 Å². The first-order valence-corrected chi connectivity index (χ1v) is 9.51. The van der Waals surface area contributed by atoms with Crippen LogP contribution in [0, 0.1) is 0 Å². The number of carbonyl (C=O) groups is 2. The van der Waals surface area contributed by atoms with Crippen molar-refractivity contribution in [3.63, 3.8) is 0 Å². The molecule has 2 rings (SSSR count). The Morgan fingerprint density at radius 3 is 2.26 bits per heavy atom. The number of halogens is 1. The number of nitrogens with zero attached hydrogens (tertiary/aromatic N) is 1. The van der Waals surface area contributed by atoms with Gasteiger partial charge in [0.05, 0.1) is 6.54 Å². The van der Waals surface area contributed by atoms with Gasteiger partial charge < -0.3 is 15.5 Å². The fourth-order valence-electron chi connectivity index (χ4n) is 2.78. The standard InChI is InChI=1S/C21H26ClN3O2/c1-4-25(5-2)21(27)16-10-12-17(13-11-16)24-20(26)14-23-15(3)18-8-6-7-9-19(18)22/h6-13,15,23H,4-5,14H2,1-3H3,(H,24,26)/t15-/m1/s1. The van der Waals surface area contributed by atoms with Crippen LogP contribution in [0.25, 0.3) is 0 Å². The molecule has 2 aromatic rings. The Morgan fingerprint density at radius 1 is 1.04 bits per heavy atom. The lowest BCUT2D eigenvalue weighted by molar-refractivity contribution is -0.115. The van der Waals surface area contributed by atoms with Gasteiger partial charge >= 0.3 is 0 Å². The summed E-state index contributed by atoms with van der Waals surface area (Å²) in [6.45, 7) is 7.36. The monoisotopic (exact) mass is 387 g/mol. The molecule has 2 aromatic carbocycles. The molecule has 2 amide bonds. The van der Waals surface area contributed by atoms with Gasteiger partial charge in [-0.1, -0.05) is 29.8 Å². The molecule has 27 heavy (non-hydrogen) atoms. The van der Waals surface area contributed by atoms with Crippen molar-refractivity contribution >= 4 is 29.1 Å². The van der Waals surface area contributed by atoms with Crippen LogP contribution in [0.15, 0.2) is 48.5 Å². The number of hydrogen-bond acceptors (Lipinski definition) is 3. The van der Waals surface area contributed by atoms with Crippen LogP contribution in [0.5, 0.6) is 0 Å². The number of amides is 2. The van der Waals surface area contributed by atoms with E-state index in [0.29, 0.717) is 29.4 Å². The van der Waals surface area contributed by atoms with Gasteiger partial charge in [-0.15, -0.1) is 0 Å². The molecule has 0 radical (unpaired) electrons. The van der Waals surface area contributed by atoms with E-state index in [1.54, 1.807) is 29.2 Å². The van der Waals surface area contributed by atoms with Crippen LogP contribution >= 0.6 is 11.6 Å². The Bertz CT molecular complexity index is 773. The highest BCUT2D eigenvalue weighted by molar-refractivity contribution is 6.31. The first-order valence-electron chi connectivity index (χ1n) is 9.13. The maximum Gasteiger partial charge on any atom is 0.253 e. The summed E-state index contributed by atoms with van der Waals surface area (Å²) in [6, 6.07) is 14.5. The second-order valence-corrected chi connectivity index (χ2v) is 6.63. The van der Waals surface area contributed by atoms with E-state index in [4.69, 9.17) is 11.6 Å². The summed E-state index contributed by atoms with van der Waals surface area (Å²) >= 11 is 6.18. The fourth-order valence-corrected chi connectivity index (χ4v) is 3.08. The molecule has 0 spiro atoms. The molecular formula is C21H26ClN3O2. The molecule has 0 saturated carbocycles. The summed E-state index contributed by atoms with van der Waals surface area (Å²) in [5.41, 5.74) is 2.22. The van der Waals surface area contributed by atoms with Crippen LogP contribution in [-0.4, -0.2) is 36.3 Å². The third kappa shape index (κ3) is 5.81. The van der Waals surface area contributed by atoms with Gasteiger partial charge in [-0.25, -0.2) is 0 Å². The van der Waals surface area contributed by atoms with Gasteiger partial charge in [0, 0.05) is 35.4 Å². The van der Waals surface area contributed by atoms with Crippen molar-refractivity contribution in [2.75, 3.05) is 25.0 Å². The zero-order valence-corrected chi connectivity index (χ0v) is 16.7. The molecule has 0 aromatic heterocycles. The number of rotatable bonds is 8. The van der Waals surface area contributed by atoms with Crippen molar-refractivity contribution in [3.05, 3.63) is 64.7 Å². The average molecular weight is 388 g/mol. The first kappa shape index (κ1) is 20.9. The average Bonchev–Trinajstić information content (AvgIpc) is 2.68. The molecule has 0 aliphatic carbocycles. The van der Waals surface area contributed by atoms with Gasteiger partial charge in [-0.3, -0.25) is 9.59 Å². The normalized spacial score (nSPS) is 11.7. The predicted molar refractivity (Wildman–Crippen MR) is 110 cm³/mol. The number of nitrogens with one attached hydrogen (secondary N) is 2. The van der Waals surface area contributed by atoms with E-state index in [2.05, 4.69) is 10.6 Å². The van der Waals surface area contributed by atoms with Crippen LogP contribution < -0.4 is 10.6 Å². The molecular weight excluding hydrogens is 362 g/mol. The van der Waals surface area contributed by atoms with Crippen molar-refractivity contribution in [2.24, 2.45) is 0 Å². The lowest BCUT2D eigenvalue weighted by atomic mass is 10.1. The molecule has 0 aliphatic heterocycles. The zero-order chi connectivity index (χ0) is 19.8. The van der Waals surface area contributed by atoms with E-state index in [1.807, 2.05) is 45.0 Å². The lowest BCUT2D eigenvalue weighted by Crippen LogP contribution is -2.31. The highest BCUT2D eigenvalue weighted by atomic mass is 35.5. The van der Waals surface area contributed by atoms with Gasteiger partial charge in [0.25, 0.3) is 5.91 Å². The van der Waals surface area contributed by atoms with Crippen molar-refractivity contribution in [1.29, 1.82) is 0 Å². The van der Waals surface area contributed by atoms with E-state index in [0.717, 1.165) is 5.56 Å². The molecule has 2 N–H and O–H groups in total. The van der Waals surface area contributed by atoms with E-state index in [1.165, 1.54) is 0 Å². The SMILES string of the molecule is CCN(CC)C(=O)c1ccc(NC(=O)CN[C@H](C)c2ccccc2Cl)cc1. The van der Waals surface area contributed by atoms with E-state index in [9.17, 15) is 9.59 Å². The van der Waals surface area contributed by atoms with Crippen molar-refractivity contribution < 1.29 is 9.59 Å². The maximum absolute atomic E-state index is 12.3. The molecule has 144 valence electrons. The van der Waals surface area contributed by atoms with E-state index < -0.39 is 0 Å². The number of benzene rings is 2. The van der Waals surface area contributed by atoms with Gasteiger partial charge in [0.1, 0.15) is 0 Å². The molecule has 0 heterocycles. The summed E-state index contributed by atoms with van der Waals surface area (Å²) in [7, 11) is 0. The summed E-state index contributed by atoms with van der Waals surface area (Å²) in [4.78, 5) is 26.2. The van der Waals surface area contributed by atoms with E-state index in [-0.39, 0.29) is 24.4 Å². The minimum atomic E-state index is -0.156. The predicted octanol–water partition coefficient (Wildman–Crippen LogP) is 4.11. The van der Waals surface area contributed by atoms with E-state index >= 15 is 0 Å². The Balaban J connectivity index is 1.89. The number of hydrogen-bond donors (Lipinski definition) is 2.